The quantitative estimate of drug-likeness (QED) is 0.851. The fourth-order valence-electron chi connectivity index (χ4n) is 1.96. The molecule has 0 fully saturated rings. The molecule has 1 aromatic heterocycles. The number of aromatic nitrogens is 3. The second-order valence-corrected chi connectivity index (χ2v) is 5.93. The zero-order chi connectivity index (χ0) is 14.8. The normalized spacial score (nSPS) is 11.7. The van der Waals surface area contributed by atoms with Crippen LogP contribution < -0.4 is 11.3 Å². The predicted molar refractivity (Wildman–Crippen MR) is 83.6 cm³/mol. The van der Waals surface area contributed by atoms with E-state index in [1.54, 1.807) is 12.1 Å². The van der Waals surface area contributed by atoms with Crippen molar-refractivity contribution >= 4 is 28.1 Å². The molecule has 0 aliphatic heterocycles. The summed E-state index contributed by atoms with van der Waals surface area (Å²) in [6.07, 6.45) is 1.58. The maximum atomic E-state index is 12.2. The Hall–Kier alpha value is -1.82. The van der Waals surface area contributed by atoms with Crippen LogP contribution in [-0.2, 0) is 6.54 Å². The Bertz CT molecular complexity index is 693. The standard InChI is InChI=1S/C14H18N4OS/c1-14(2,13(15)20)8-5-9-18-12(19)10-6-3-4-7-11(10)16-17-18/h3-4,6-7H,5,8-9H2,1-2H3,(H2,15,20). The molecule has 2 aromatic rings. The molecule has 0 unspecified atom stereocenters. The summed E-state index contributed by atoms with van der Waals surface area (Å²) in [5.41, 5.74) is 6.00. The van der Waals surface area contributed by atoms with Crippen LogP contribution in [0.3, 0.4) is 0 Å². The van der Waals surface area contributed by atoms with E-state index in [-0.39, 0.29) is 11.0 Å². The van der Waals surface area contributed by atoms with Crippen LogP contribution in [0, 0.1) is 5.41 Å². The molecule has 0 aliphatic rings. The number of rotatable bonds is 5. The molecular weight excluding hydrogens is 272 g/mol. The minimum absolute atomic E-state index is 0.108. The molecule has 0 amide bonds. The minimum atomic E-state index is -0.205. The number of fused-ring (bicyclic) bond motifs is 1. The van der Waals surface area contributed by atoms with Crippen molar-refractivity contribution in [3.05, 3.63) is 34.6 Å². The van der Waals surface area contributed by atoms with Crippen molar-refractivity contribution in [2.45, 2.75) is 33.2 Å². The molecule has 0 saturated heterocycles. The van der Waals surface area contributed by atoms with E-state index >= 15 is 0 Å². The van der Waals surface area contributed by atoms with Crippen LogP contribution in [0.25, 0.3) is 10.9 Å². The average Bonchev–Trinajstić information content (AvgIpc) is 2.41. The fraction of sp³-hybridized carbons (Fsp3) is 0.429. The summed E-state index contributed by atoms with van der Waals surface area (Å²) in [5.74, 6) is 0. The molecule has 20 heavy (non-hydrogen) atoms. The van der Waals surface area contributed by atoms with E-state index in [1.807, 2.05) is 26.0 Å². The molecule has 5 nitrogen and oxygen atoms in total. The van der Waals surface area contributed by atoms with Gasteiger partial charge in [0.2, 0.25) is 0 Å². The molecule has 1 aromatic carbocycles. The van der Waals surface area contributed by atoms with Gasteiger partial charge in [-0.05, 0) is 25.0 Å². The lowest BCUT2D eigenvalue weighted by Gasteiger charge is -2.22. The van der Waals surface area contributed by atoms with Crippen molar-refractivity contribution in [2.75, 3.05) is 0 Å². The zero-order valence-electron chi connectivity index (χ0n) is 11.7. The third-order valence-corrected chi connectivity index (χ3v) is 4.02. The van der Waals surface area contributed by atoms with Gasteiger partial charge in [0.15, 0.2) is 0 Å². The van der Waals surface area contributed by atoms with Crippen LogP contribution in [0.15, 0.2) is 29.1 Å². The third-order valence-electron chi connectivity index (χ3n) is 3.47. The highest BCUT2D eigenvalue weighted by atomic mass is 32.1. The smallest absolute Gasteiger partial charge is 0.277 e. The topological polar surface area (TPSA) is 73.8 Å². The highest BCUT2D eigenvalue weighted by Gasteiger charge is 2.20. The number of benzene rings is 1. The highest BCUT2D eigenvalue weighted by molar-refractivity contribution is 7.80. The van der Waals surface area contributed by atoms with Crippen molar-refractivity contribution in [1.29, 1.82) is 0 Å². The van der Waals surface area contributed by atoms with E-state index in [0.717, 1.165) is 12.8 Å². The summed E-state index contributed by atoms with van der Waals surface area (Å²) >= 11 is 5.03. The first-order chi connectivity index (χ1) is 9.42. The van der Waals surface area contributed by atoms with Gasteiger partial charge in [-0.15, -0.1) is 5.10 Å². The molecule has 106 valence electrons. The lowest BCUT2D eigenvalue weighted by molar-refractivity contribution is 0.415. The van der Waals surface area contributed by atoms with Gasteiger partial charge in [0.1, 0.15) is 5.52 Å². The lowest BCUT2D eigenvalue weighted by Crippen LogP contribution is -2.31. The first-order valence-electron chi connectivity index (χ1n) is 6.54. The Morgan fingerprint density at radius 1 is 1.40 bits per heavy atom. The maximum Gasteiger partial charge on any atom is 0.277 e. The molecule has 2 N–H and O–H groups in total. The van der Waals surface area contributed by atoms with E-state index in [0.29, 0.717) is 22.4 Å². The molecule has 2 rings (SSSR count). The van der Waals surface area contributed by atoms with Gasteiger partial charge in [0, 0.05) is 12.0 Å². The first kappa shape index (κ1) is 14.6. The van der Waals surface area contributed by atoms with Crippen LogP contribution in [0.4, 0.5) is 0 Å². The van der Waals surface area contributed by atoms with Crippen LogP contribution in [0.1, 0.15) is 26.7 Å². The Morgan fingerprint density at radius 2 is 2.10 bits per heavy atom. The van der Waals surface area contributed by atoms with Gasteiger partial charge >= 0.3 is 0 Å². The monoisotopic (exact) mass is 290 g/mol. The van der Waals surface area contributed by atoms with Gasteiger partial charge in [-0.1, -0.05) is 43.4 Å². The molecule has 0 atom stereocenters. The lowest BCUT2D eigenvalue weighted by atomic mass is 9.88. The van der Waals surface area contributed by atoms with Crippen LogP contribution in [0.2, 0.25) is 0 Å². The Kier molecular flexibility index (Phi) is 4.13. The molecule has 0 bridgehead atoms. The van der Waals surface area contributed by atoms with E-state index in [9.17, 15) is 4.79 Å². The van der Waals surface area contributed by atoms with Gasteiger partial charge in [0.25, 0.3) is 5.56 Å². The molecule has 0 aliphatic carbocycles. The molecule has 0 radical (unpaired) electrons. The summed E-state index contributed by atoms with van der Waals surface area (Å²) in [6, 6.07) is 7.21. The van der Waals surface area contributed by atoms with Gasteiger partial charge in [-0.3, -0.25) is 4.79 Å². The Balaban J connectivity index is 2.13. The summed E-state index contributed by atoms with van der Waals surface area (Å²) < 4.78 is 1.40. The molecule has 6 heteroatoms. The van der Waals surface area contributed by atoms with Gasteiger partial charge in [0.05, 0.1) is 10.4 Å². The van der Waals surface area contributed by atoms with E-state index in [2.05, 4.69) is 10.3 Å². The molecule has 1 heterocycles. The maximum absolute atomic E-state index is 12.2. The van der Waals surface area contributed by atoms with Crippen molar-refractivity contribution in [3.63, 3.8) is 0 Å². The third kappa shape index (κ3) is 3.01. The summed E-state index contributed by atoms with van der Waals surface area (Å²) in [7, 11) is 0. The first-order valence-corrected chi connectivity index (χ1v) is 6.95. The van der Waals surface area contributed by atoms with E-state index in [4.69, 9.17) is 18.0 Å². The molecule has 0 saturated carbocycles. The van der Waals surface area contributed by atoms with Gasteiger partial charge < -0.3 is 5.73 Å². The number of aryl methyl sites for hydroxylation is 1. The Morgan fingerprint density at radius 3 is 2.80 bits per heavy atom. The predicted octanol–water partition coefficient (Wildman–Crippen LogP) is 1.88. The van der Waals surface area contributed by atoms with Gasteiger partial charge in [-0.25, -0.2) is 4.68 Å². The summed E-state index contributed by atoms with van der Waals surface area (Å²) in [6.45, 7) is 4.52. The number of thiocarbonyl (C=S) groups is 1. The zero-order valence-corrected chi connectivity index (χ0v) is 12.5. The van der Waals surface area contributed by atoms with Crippen molar-refractivity contribution < 1.29 is 0 Å². The van der Waals surface area contributed by atoms with Crippen LogP contribution in [-0.4, -0.2) is 20.0 Å². The van der Waals surface area contributed by atoms with Crippen LogP contribution >= 0.6 is 12.2 Å². The second kappa shape index (κ2) is 5.66. The largest absolute Gasteiger partial charge is 0.393 e. The van der Waals surface area contributed by atoms with E-state index in [1.165, 1.54) is 4.68 Å². The minimum Gasteiger partial charge on any atom is -0.393 e. The summed E-state index contributed by atoms with van der Waals surface area (Å²) in [5, 5.41) is 8.61. The highest BCUT2D eigenvalue weighted by Crippen LogP contribution is 2.22. The number of hydrogen-bond donors (Lipinski definition) is 1. The fourth-order valence-corrected chi connectivity index (χ4v) is 2.07. The van der Waals surface area contributed by atoms with Crippen molar-refractivity contribution in [1.82, 2.24) is 15.0 Å². The number of nitrogens with two attached hydrogens (primary N) is 1. The Labute approximate surface area is 122 Å². The average molecular weight is 290 g/mol. The number of hydrogen-bond acceptors (Lipinski definition) is 4. The van der Waals surface area contributed by atoms with E-state index < -0.39 is 0 Å². The van der Waals surface area contributed by atoms with Crippen LogP contribution in [0.5, 0.6) is 0 Å². The second-order valence-electron chi connectivity index (χ2n) is 5.49. The van der Waals surface area contributed by atoms with Crippen molar-refractivity contribution in [3.8, 4) is 0 Å². The van der Waals surface area contributed by atoms with Crippen molar-refractivity contribution in [2.24, 2.45) is 11.1 Å². The van der Waals surface area contributed by atoms with Gasteiger partial charge in [-0.2, -0.15) is 0 Å². The SMILES string of the molecule is CC(C)(CCCn1nnc2ccccc2c1=O)C(N)=S. The molecular formula is C14H18N4OS. The number of nitrogens with zero attached hydrogens (tertiary/aromatic N) is 3. The molecule has 0 spiro atoms. The summed E-state index contributed by atoms with van der Waals surface area (Å²) in [4.78, 5) is 12.7.